The first-order chi connectivity index (χ1) is 13.2. The van der Waals surface area contributed by atoms with Gasteiger partial charge < -0.3 is 24.5 Å². The Morgan fingerprint density at radius 2 is 1.81 bits per heavy atom. The smallest absolute Gasteiger partial charge is 0.253 e. The van der Waals surface area contributed by atoms with Crippen LogP contribution in [0.5, 0.6) is 0 Å². The maximum Gasteiger partial charge on any atom is 0.253 e. The zero-order valence-corrected chi connectivity index (χ0v) is 16.1. The van der Waals surface area contributed by atoms with Crippen LogP contribution in [-0.2, 0) is 4.74 Å². The van der Waals surface area contributed by atoms with E-state index in [1.807, 2.05) is 23.1 Å². The van der Waals surface area contributed by atoms with Gasteiger partial charge in [-0.3, -0.25) is 4.79 Å². The van der Waals surface area contributed by atoms with Gasteiger partial charge in [-0.25, -0.2) is 0 Å². The van der Waals surface area contributed by atoms with E-state index in [2.05, 4.69) is 15.9 Å². The molecule has 3 aliphatic heterocycles. The molecule has 0 bridgehead atoms. The number of ether oxygens (including phenoxy) is 1. The lowest BCUT2D eigenvalue weighted by molar-refractivity contribution is 0.0779. The third-order valence-electron chi connectivity index (χ3n) is 6.26. The number of hydrogen-bond acceptors (Lipinski definition) is 5. The van der Waals surface area contributed by atoms with Gasteiger partial charge in [0.2, 0.25) is 0 Å². The Bertz CT molecular complexity index is 641. The van der Waals surface area contributed by atoms with Crippen LogP contribution in [0.2, 0.25) is 0 Å². The first kappa shape index (κ1) is 18.7. The summed E-state index contributed by atoms with van der Waals surface area (Å²) in [6, 6.07) is 7.96. The molecule has 6 nitrogen and oxygen atoms in total. The molecule has 0 spiro atoms. The number of carbonyl (C=O) groups is 1. The maximum absolute atomic E-state index is 13.1. The second-order valence-electron chi connectivity index (χ2n) is 8.07. The van der Waals surface area contributed by atoms with Crippen LogP contribution in [0.15, 0.2) is 24.3 Å². The van der Waals surface area contributed by atoms with Gasteiger partial charge in [0.25, 0.3) is 5.91 Å². The molecule has 0 aromatic heterocycles. The number of aliphatic hydroxyl groups excluding tert-OH is 1. The van der Waals surface area contributed by atoms with Crippen LogP contribution in [0.4, 0.5) is 5.69 Å². The zero-order chi connectivity index (χ0) is 18.6. The monoisotopic (exact) mass is 373 g/mol. The highest BCUT2D eigenvalue weighted by molar-refractivity contribution is 5.95. The van der Waals surface area contributed by atoms with Gasteiger partial charge in [0, 0.05) is 56.5 Å². The standard InChI is InChI=1S/C21H31N3O3/c25-16-19-15-24(14-18(19)13-22-6-1-2-7-22)21(26)17-4-3-5-20(12-17)23-8-10-27-11-9-23/h3-5,12,18-19,25H,1-2,6-11,13-16H2/t18-,19-/m1/s1. The Balaban J connectivity index is 1.42. The largest absolute Gasteiger partial charge is 0.396 e. The number of aliphatic hydroxyl groups is 1. The van der Waals surface area contributed by atoms with Gasteiger partial charge in [-0.05, 0) is 50.0 Å². The van der Waals surface area contributed by atoms with E-state index >= 15 is 0 Å². The van der Waals surface area contributed by atoms with Gasteiger partial charge in [-0.1, -0.05) is 6.07 Å². The second kappa shape index (κ2) is 8.59. The molecule has 3 fully saturated rings. The summed E-state index contributed by atoms with van der Waals surface area (Å²) in [5.41, 5.74) is 1.84. The minimum atomic E-state index is 0.0903. The molecular formula is C21H31N3O3. The van der Waals surface area contributed by atoms with Crippen LogP contribution in [0.1, 0.15) is 23.2 Å². The number of rotatable bonds is 5. The summed E-state index contributed by atoms with van der Waals surface area (Å²) in [4.78, 5) is 19.8. The van der Waals surface area contributed by atoms with Crippen molar-refractivity contribution in [1.82, 2.24) is 9.80 Å². The molecule has 6 heteroatoms. The fraction of sp³-hybridized carbons (Fsp3) is 0.667. The Kier molecular flexibility index (Phi) is 5.95. The topological polar surface area (TPSA) is 56.2 Å². The van der Waals surface area contributed by atoms with E-state index in [1.54, 1.807) is 0 Å². The lowest BCUT2D eigenvalue weighted by atomic mass is 9.96. The molecule has 3 aliphatic rings. The van der Waals surface area contributed by atoms with Crippen LogP contribution in [0, 0.1) is 11.8 Å². The molecule has 3 saturated heterocycles. The highest BCUT2D eigenvalue weighted by Gasteiger charge is 2.36. The zero-order valence-electron chi connectivity index (χ0n) is 16.1. The van der Waals surface area contributed by atoms with Crippen LogP contribution in [0.3, 0.4) is 0 Å². The van der Waals surface area contributed by atoms with Gasteiger partial charge in [0.15, 0.2) is 0 Å². The van der Waals surface area contributed by atoms with E-state index in [-0.39, 0.29) is 18.4 Å². The molecular weight excluding hydrogens is 342 g/mol. The predicted molar refractivity (Wildman–Crippen MR) is 105 cm³/mol. The van der Waals surface area contributed by atoms with E-state index in [0.29, 0.717) is 12.5 Å². The van der Waals surface area contributed by atoms with Gasteiger partial charge in [0.05, 0.1) is 13.2 Å². The Morgan fingerprint density at radius 1 is 1.07 bits per heavy atom. The molecule has 148 valence electrons. The number of benzene rings is 1. The SMILES string of the molecule is O=C(c1cccc(N2CCOCC2)c1)N1C[C@@H](CN2CCCC2)[C@@H](CO)C1. The van der Waals surface area contributed by atoms with Gasteiger partial charge in [-0.2, -0.15) is 0 Å². The van der Waals surface area contributed by atoms with Crippen LogP contribution >= 0.6 is 0 Å². The summed E-state index contributed by atoms with van der Waals surface area (Å²) >= 11 is 0. The van der Waals surface area contributed by atoms with E-state index in [4.69, 9.17) is 4.74 Å². The number of morpholine rings is 1. The number of hydrogen-bond donors (Lipinski definition) is 1. The maximum atomic E-state index is 13.1. The lowest BCUT2D eigenvalue weighted by Crippen LogP contribution is -2.36. The molecule has 4 rings (SSSR count). The number of amides is 1. The second-order valence-corrected chi connectivity index (χ2v) is 8.07. The van der Waals surface area contributed by atoms with E-state index in [1.165, 1.54) is 12.8 Å². The van der Waals surface area contributed by atoms with Crippen LogP contribution in [0.25, 0.3) is 0 Å². The highest BCUT2D eigenvalue weighted by Crippen LogP contribution is 2.27. The number of anilines is 1. The summed E-state index contributed by atoms with van der Waals surface area (Å²) < 4.78 is 5.43. The van der Waals surface area contributed by atoms with E-state index in [0.717, 1.165) is 63.7 Å². The average Bonchev–Trinajstić information content (AvgIpc) is 3.38. The lowest BCUT2D eigenvalue weighted by Gasteiger charge is -2.29. The number of nitrogens with zero attached hydrogens (tertiary/aromatic N) is 3. The minimum Gasteiger partial charge on any atom is -0.396 e. The summed E-state index contributed by atoms with van der Waals surface area (Å²) in [5, 5.41) is 9.82. The molecule has 2 atom stereocenters. The number of carbonyl (C=O) groups excluding carboxylic acids is 1. The van der Waals surface area contributed by atoms with Crippen molar-refractivity contribution in [3.8, 4) is 0 Å². The van der Waals surface area contributed by atoms with Crippen molar-refractivity contribution < 1.29 is 14.6 Å². The van der Waals surface area contributed by atoms with Gasteiger partial charge >= 0.3 is 0 Å². The molecule has 27 heavy (non-hydrogen) atoms. The summed E-state index contributed by atoms with van der Waals surface area (Å²) in [6.45, 7) is 8.10. The van der Waals surface area contributed by atoms with Crippen molar-refractivity contribution >= 4 is 11.6 Å². The quantitative estimate of drug-likeness (QED) is 0.843. The van der Waals surface area contributed by atoms with Crippen molar-refractivity contribution in [1.29, 1.82) is 0 Å². The minimum absolute atomic E-state index is 0.0903. The fourth-order valence-corrected chi connectivity index (χ4v) is 4.65. The molecule has 3 heterocycles. The normalized spacial score (nSPS) is 26.7. The summed E-state index contributed by atoms with van der Waals surface area (Å²) in [7, 11) is 0. The van der Waals surface area contributed by atoms with Gasteiger partial charge in [0.1, 0.15) is 0 Å². The van der Waals surface area contributed by atoms with Crippen molar-refractivity contribution in [2.75, 3.05) is 70.5 Å². The van der Waals surface area contributed by atoms with E-state index < -0.39 is 0 Å². The van der Waals surface area contributed by atoms with Crippen molar-refractivity contribution in [3.05, 3.63) is 29.8 Å². The third kappa shape index (κ3) is 4.28. The molecule has 0 radical (unpaired) electrons. The Labute approximate surface area is 161 Å². The fourth-order valence-electron chi connectivity index (χ4n) is 4.65. The van der Waals surface area contributed by atoms with E-state index in [9.17, 15) is 9.90 Å². The predicted octanol–water partition coefficient (Wildman–Crippen LogP) is 1.30. The Morgan fingerprint density at radius 3 is 2.56 bits per heavy atom. The average molecular weight is 373 g/mol. The Hall–Kier alpha value is -1.63. The molecule has 0 unspecified atom stereocenters. The van der Waals surface area contributed by atoms with Crippen LogP contribution < -0.4 is 4.90 Å². The number of likely N-dealkylation sites (tertiary alicyclic amines) is 2. The molecule has 1 amide bonds. The van der Waals surface area contributed by atoms with Crippen molar-refractivity contribution in [3.63, 3.8) is 0 Å². The third-order valence-corrected chi connectivity index (χ3v) is 6.26. The van der Waals surface area contributed by atoms with Crippen molar-refractivity contribution in [2.24, 2.45) is 11.8 Å². The molecule has 0 saturated carbocycles. The molecule has 1 aromatic carbocycles. The van der Waals surface area contributed by atoms with Gasteiger partial charge in [-0.15, -0.1) is 0 Å². The molecule has 1 aromatic rings. The summed E-state index contributed by atoms with van der Waals surface area (Å²) in [6.07, 6.45) is 2.54. The summed E-state index contributed by atoms with van der Waals surface area (Å²) in [5.74, 6) is 0.656. The highest BCUT2D eigenvalue weighted by atomic mass is 16.5. The molecule has 0 aliphatic carbocycles. The first-order valence-corrected chi connectivity index (χ1v) is 10.3. The molecule has 1 N–H and O–H groups in total. The van der Waals surface area contributed by atoms with Crippen molar-refractivity contribution in [2.45, 2.75) is 12.8 Å². The van der Waals surface area contributed by atoms with Crippen LogP contribution in [-0.4, -0.2) is 86.4 Å². The first-order valence-electron chi connectivity index (χ1n) is 10.3.